The van der Waals surface area contributed by atoms with Gasteiger partial charge in [-0.1, -0.05) is 72.0 Å². The van der Waals surface area contributed by atoms with E-state index in [0.717, 1.165) is 11.1 Å². The molecule has 0 bridgehead atoms. The summed E-state index contributed by atoms with van der Waals surface area (Å²) in [7, 11) is 0. The van der Waals surface area contributed by atoms with Crippen LogP contribution in [0.4, 0.5) is 0 Å². The van der Waals surface area contributed by atoms with Gasteiger partial charge in [0.05, 0.1) is 9.93 Å². The summed E-state index contributed by atoms with van der Waals surface area (Å²) in [5, 5.41) is 3.08. The number of benzene rings is 2. The zero-order valence-corrected chi connectivity index (χ0v) is 14.3. The lowest BCUT2D eigenvalue weighted by molar-refractivity contribution is -0.115. The summed E-state index contributed by atoms with van der Waals surface area (Å²) in [6.45, 7) is 0.452. The summed E-state index contributed by atoms with van der Waals surface area (Å²) in [4.78, 5) is 12.2. The molecule has 0 radical (unpaired) electrons. The van der Waals surface area contributed by atoms with E-state index in [4.69, 9.17) is 28.6 Å². The zero-order valence-electron chi connectivity index (χ0n) is 11.9. The number of hydrogen-bond acceptors (Lipinski definition) is 4. The molecule has 0 unspecified atom stereocenters. The van der Waals surface area contributed by atoms with E-state index < -0.39 is 0 Å². The van der Waals surface area contributed by atoms with Gasteiger partial charge < -0.3 is 10.1 Å². The Morgan fingerprint density at radius 3 is 2.65 bits per heavy atom. The lowest BCUT2D eigenvalue weighted by atomic mass is 10.2. The van der Waals surface area contributed by atoms with Crippen LogP contribution in [0.15, 0.2) is 53.4 Å². The highest BCUT2D eigenvalue weighted by atomic mass is 35.5. The van der Waals surface area contributed by atoms with Gasteiger partial charge in [0.25, 0.3) is 5.91 Å². The van der Waals surface area contributed by atoms with E-state index in [9.17, 15) is 4.79 Å². The van der Waals surface area contributed by atoms with Crippen molar-refractivity contribution in [1.29, 1.82) is 0 Å². The lowest BCUT2D eigenvalue weighted by Gasteiger charge is -2.08. The molecule has 3 nitrogen and oxygen atoms in total. The van der Waals surface area contributed by atoms with Crippen molar-refractivity contribution in [2.45, 2.75) is 6.61 Å². The van der Waals surface area contributed by atoms with Gasteiger partial charge in [0, 0.05) is 0 Å². The van der Waals surface area contributed by atoms with E-state index in [1.807, 2.05) is 36.4 Å². The smallest absolute Gasteiger partial charge is 0.263 e. The minimum Gasteiger partial charge on any atom is -0.487 e. The molecular formula is C17H12ClNO2S2. The van der Waals surface area contributed by atoms with Crippen LogP contribution >= 0.6 is 35.6 Å². The van der Waals surface area contributed by atoms with E-state index in [1.165, 1.54) is 11.8 Å². The number of carbonyl (C=O) groups is 1. The Labute approximate surface area is 148 Å². The third kappa shape index (κ3) is 4.13. The zero-order chi connectivity index (χ0) is 16.2. The van der Waals surface area contributed by atoms with Crippen molar-refractivity contribution in [3.8, 4) is 5.75 Å². The van der Waals surface area contributed by atoms with Crippen molar-refractivity contribution in [2.75, 3.05) is 0 Å². The first kappa shape index (κ1) is 16.1. The summed E-state index contributed by atoms with van der Waals surface area (Å²) in [5.41, 5.74) is 1.90. The van der Waals surface area contributed by atoms with Crippen molar-refractivity contribution in [3.63, 3.8) is 0 Å². The molecule has 0 spiro atoms. The molecule has 1 amide bonds. The van der Waals surface area contributed by atoms with Gasteiger partial charge in [0.1, 0.15) is 16.7 Å². The Hall–Kier alpha value is -1.82. The van der Waals surface area contributed by atoms with Crippen LogP contribution in [-0.4, -0.2) is 10.2 Å². The molecule has 1 heterocycles. The van der Waals surface area contributed by atoms with Crippen LogP contribution in [0.5, 0.6) is 5.75 Å². The SMILES string of the molecule is O=C1NC(=S)S/C1=C\c1ccc(OCc2ccccc2)c(Cl)c1. The van der Waals surface area contributed by atoms with Crippen LogP contribution in [0.2, 0.25) is 5.02 Å². The highest BCUT2D eigenvalue weighted by molar-refractivity contribution is 8.26. The van der Waals surface area contributed by atoms with Crippen molar-refractivity contribution >= 4 is 51.9 Å². The molecule has 3 rings (SSSR count). The Kier molecular flexibility index (Phi) is 5.00. The van der Waals surface area contributed by atoms with Crippen molar-refractivity contribution in [2.24, 2.45) is 0 Å². The molecule has 23 heavy (non-hydrogen) atoms. The van der Waals surface area contributed by atoms with E-state index in [-0.39, 0.29) is 5.91 Å². The second-order valence-electron chi connectivity index (χ2n) is 4.82. The number of carbonyl (C=O) groups excluding carboxylic acids is 1. The van der Waals surface area contributed by atoms with Gasteiger partial charge in [-0.25, -0.2) is 0 Å². The van der Waals surface area contributed by atoms with Gasteiger partial charge in [0.15, 0.2) is 0 Å². The predicted molar refractivity (Wildman–Crippen MR) is 98.5 cm³/mol. The van der Waals surface area contributed by atoms with Crippen molar-refractivity contribution < 1.29 is 9.53 Å². The maximum absolute atomic E-state index is 11.7. The first-order valence-corrected chi connectivity index (χ1v) is 8.43. The molecule has 1 fully saturated rings. The van der Waals surface area contributed by atoms with Crippen LogP contribution in [-0.2, 0) is 11.4 Å². The number of rotatable bonds is 4. The van der Waals surface area contributed by atoms with Gasteiger partial charge in [-0.15, -0.1) is 0 Å². The van der Waals surface area contributed by atoms with Gasteiger partial charge in [-0.2, -0.15) is 0 Å². The number of nitrogens with one attached hydrogen (secondary N) is 1. The molecular weight excluding hydrogens is 350 g/mol. The minimum absolute atomic E-state index is 0.180. The Balaban J connectivity index is 1.72. The van der Waals surface area contributed by atoms with Gasteiger partial charge in [0.2, 0.25) is 0 Å². The predicted octanol–water partition coefficient (Wildman–Crippen LogP) is 4.41. The third-order valence-electron chi connectivity index (χ3n) is 3.13. The first-order chi connectivity index (χ1) is 11.1. The van der Waals surface area contributed by atoms with Gasteiger partial charge in [-0.3, -0.25) is 4.79 Å². The summed E-state index contributed by atoms with van der Waals surface area (Å²) in [6, 6.07) is 15.3. The lowest BCUT2D eigenvalue weighted by Crippen LogP contribution is -2.17. The summed E-state index contributed by atoms with van der Waals surface area (Å²) < 4.78 is 6.20. The topological polar surface area (TPSA) is 38.3 Å². The summed E-state index contributed by atoms with van der Waals surface area (Å²) in [6.07, 6.45) is 1.76. The normalized spacial score (nSPS) is 15.8. The molecule has 2 aromatic carbocycles. The average molecular weight is 362 g/mol. The van der Waals surface area contributed by atoms with Gasteiger partial charge >= 0.3 is 0 Å². The molecule has 1 aliphatic rings. The highest BCUT2D eigenvalue weighted by Crippen LogP contribution is 2.30. The molecule has 116 valence electrons. The molecule has 0 aromatic heterocycles. The largest absolute Gasteiger partial charge is 0.487 e. The van der Waals surface area contributed by atoms with Crippen LogP contribution in [0.1, 0.15) is 11.1 Å². The van der Waals surface area contributed by atoms with Gasteiger partial charge in [-0.05, 0) is 29.3 Å². The Bertz CT molecular complexity index is 790. The highest BCUT2D eigenvalue weighted by Gasteiger charge is 2.21. The second kappa shape index (κ2) is 7.17. The average Bonchev–Trinajstić information content (AvgIpc) is 2.85. The van der Waals surface area contributed by atoms with E-state index in [0.29, 0.717) is 26.6 Å². The van der Waals surface area contributed by atoms with Crippen molar-refractivity contribution in [1.82, 2.24) is 5.32 Å². The molecule has 1 aliphatic heterocycles. The number of ether oxygens (including phenoxy) is 1. The van der Waals surface area contributed by atoms with E-state index in [1.54, 1.807) is 18.2 Å². The molecule has 2 aromatic rings. The standard InChI is InChI=1S/C17H12ClNO2S2/c18-13-8-12(9-15-16(20)19-17(22)23-15)6-7-14(13)21-10-11-4-2-1-3-5-11/h1-9H,10H2,(H,19,20,22)/b15-9-. The second-order valence-corrected chi connectivity index (χ2v) is 6.94. The van der Waals surface area contributed by atoms with E-state index >= 15 is 0 Å². The fourth-order valence-electron chi connectivity index (χ4n) is 2.03. The molecule has 1 saturated heterocycles. The summed E-state index contributed by atoms with van der Waals surface area (Å²) in [5.74, 6) is 0.428. The quantitative estimate of drug-likeness (QED) is 0.646. The summed E-state index contributed by atoms with van der Waals surface area (Å²) >= 11 is 12.5. The minimum atomic E-state index is -0.180. The number of thiocarbonyl (C=S) groups is 1. The van der Waals surface area contributed by atoms with Crippen LogP contribution in [0.3, 0.4) is 0 Å². The third-order valence-corrected chi connectivity index (χ3v) is 4.59. The fraction of sp³-hybridized carbons (Fsp3) is 0.0588. The molecule has 0 atom stereocenters. The van der Waals surface area contributed by atoms with Crippen LogP contribution < -0.4 is 10.1 Å². The Morgan fingerprint density at radius 2 is 2.00 bits per heavy atom. The van der Waals surface area contributed by atoms with Crippen LogP contribution in [0.25, 0.3) is 6.08 Å². The fourth-order valence-corrected chi connectivity index (χ4v) is 3.32. The number of thioether (sulfide) groups is 1. The maximum Gasteiger partial charge on any atom is 0.263 e. The van der Waals surface area contributed by atoms with Crippen LogP contribution in [0, 0.1) is 0 Å². The first-order valence-electron chi connectivity index (χ1n) is 6.83. The van der Waals surface area contributed by atoms with E-state index in [2.05, 4.69) is 5.32 Å². The number of amides is 1. The van der Waals surface area contributed by atoms with Crippen molar-refractivity contribution in [3.05, 3.63) is 69.6 Å². The molecule has 0 aliphatic carbocycles. The monoisotopic (exact) mass is 361 g/mol. The molecule has 0 saturated carbocycles. The Morgan fingerprint density at radius 1 is 1.22 bits per heavy atom. The molecule has 6 heteroatoms. The number of hydrogen-bond donors (Lipinski definition) is 1. The number of halogens is 1. The molecule has 1 N–H and O–H groups in total. The maximum atomic E-state index is 11.7.